The van der Waals surface area contributed by atoms with Crippen LogP contribution in [-0.2, 0) is 16.6 Å². The lowest BCUT2D eigenvalue weighted by Gasteiger charge is -2.22. The normalized spacial score (nSPS) is 17.5. The Morgan fingerprint density at radius 3 is 2.53 bits per heavy atom. The molecule has 1 aliphatic heterocycles. The van der Waals surface area contributed by atoms with Gasteiger partial charge in [0.15, 0.2) is 11.5 Å². The highest BCUT2D eigenvalue weighted by molar-refractivity contribution is 6.08. The van der Waals surface area contributed by atoms with Gasteiger partial charge in [-0.2, -0.15) is 26.9 Å². The number of halogens is 6. The van der Waals surface area contributed by atoms with E-state index < -0.39 is 42.1 Å². The Morgan fingerprint density at radius 2 is 1.87 bits per heavy atom. The topological polar surface area (TPSA) is 107 Å². The number of fused-ring (bicyclic) bond motifs is 2. The molecule has 0 saturated carbocycles. The molecule has 4 aromatic rings. The van der Waals surface area contributed by atoms with Gasteiger partial charge in [-0.25, -0.2) is 19.3 Å². The Bertz CT molecular complexity index is 1550. The van der Waals surface area contributed by atoms with E-state index in [1.54, 1.807) is 0 Å². The number of rotatable bonds is 6. The van der Waals surface area contributed by atoms with Crippen molar-refractivity contribution in [2.45, 2.75) is 37.3 Å². The molecule has 0 fully saturated rings. The van der Waals surface area contributed by atoms with E-state index in [0.717, 1.165) is 12.3 Å². The molecule has 0 spiro atoms. The number of amides is 1. The maximum atomic E-state index is 13.6. The number of imidazole rings is 1. The van der Waals surface area contributed by atoms with Gasteiger partial charge in [-0.05, 0) is 25.5 Å². The highest BCUT2D eigenvalue weighted by Gasteiger charge is 2.56. The quantitative estimate of drug-likeness (QED) is 0.369. The van der Waals surface area contributed by atoms with Gasteiger partial charge in [0, 0.05) is 25.0 Å². The molecule has 5 rings (SSSR count). The molecule has 0 bridgehead atoms. The molecule has 1 aliphatic rings. The van der Waals surface area contributed by atoms with Crippen LogP contribution in [-0.4, -0.2) is 54.4 Å². The first kappa shape index (κ1) is 25.4. The molecule has 0 saturated heterocycles. The van der Waals surface area contributed by atoms with Crippen LogP contribution in [0.1, 0.15) is 30.3 Å². The summed E-state index contributed by atoms with van der Waals surface area (Å²) in [6.07, 6.45) is -2.84. The Hall–Kier alpha value is -4.30. The van der Waals surface area contributed by atoms with Crippen LogP contribution in [0.3, 0.4) is 0 Å². The second kappa shape index (κ2) is 8.63. The number of nitrogens with zero attached hydrogens (tertiary/aromatic N) is 6. The third-order valence-corrected chi connectivity index (χ3v) is 6.26. The van der Waals surface area contributed by atoms with Crippen molar-refractivity contribution in [3.63, 3.8) is 0 Å². The first-order valence-corrected chi connectivity index (χ1v) is 11.0. The SMILES string of the molecule is COc1nc(-c2cn3ccnc3c(CCC(F)(F)C(F)(F)F)n2)nc2c1C(C)(c1ccc(F)cn1)C(=O)N2. The molecule has 15 heteroatoms. The van der Waals surface area contributed by atoms with Crippen molar-refractivity contribution >= 4 is 17.4 Å². The lowest BCUT2D eigenvalue weighted by Crippen LogP contribution is -2.36. The first-order chi connectivity index (χ1) is 17.8. The predicted octanol–water partition coefficient (Wildman–Crippen LogP) is 4.12. The van der Waals surface area contributed by atoms with Crippen LogP contribution >= 0.6 is 0 Å². The van der Waals surface area contributed by atoms with Gasteiger partial charge in [0.2, 0.25) is 11.8 Å². The lowest BCUT2D eigenvalue weighted by atomic mass is 9.81. The summed E-state index contributed by atoms with van der Waals surface area (Å²) in [5.41, 5.74) is -1.06. The van der Waals surface area contributed by atoms with Gasteiger partial charge in [0.05, 0.1) is 30.3 Å². The minimum absolute atomic E-state index is 0.00434. The van der Waals surface area contributed by atoms with Gasteiger partial charge in [-0.1, -0.05) is 0 Å². The van der Waals surface area contributed by atoms with Gasteiger partial charge in [0.1, 0.15) is 22.7 Å². The zero-order chi connectivity index (χ0) is 27.5. The number of hydrogen-bond donors (Lipinski definition) is 1. The summed E-state index contributed by atoms with van der Waals surface area (Å²) < 4.78 is 85.6. The number of pyridine rings is 1. The lowest BCUT2D eigenvalue weighted by molar-refractivity contribution is -0.284. The van der Waals surface area contributed by atoms with Crippen LogP contribution in [0.2, 0.25) is 0 Å². The molecule has 0 radical (unpaired) electrons. The van der Waals surface area contributed by atoms with Crippen molar-refractivity contribution in [2.75, 3.05) is 12.4 Å². The first-order valence-electron chi connectivity index (χ1n) is 11.0. The maximum absolute atomic E-state index is 13.6. The van der Waals surface area contributed by atoms with E-state index in [1.807, 2.05) is 0 Å². The van der Waals surface area contributed by atoms with Crippen LogP contribution in [0.15, 0.2) is 36.9 Å². The van der Waals surface area contributed by atoms with Crippen molar-refractivity contribution < 1.29 is 35.9 Å². The van der Waals surface area contributed by atoms with Crippen LogP contribution in [0.4, 0.5) is 32.2 Å². The van der Waals surface area contributed by atoms with E-state index in [-0.39, 0.29) is 45.8 Å². The van der Waals surface area contributed by atoms with E-state index in [4.69, 9.17) is 4.74 Å². The Balaban J connectivity index is 1.59. The van der Waals surface area contributed by atoms with Crippen molar-refractivity contribution in [2.24, 2.45) is 0 Å². The number of anilines is 1. The average Bonchev–Trinajstić information content (AvgIpc) is 3.44. The summed E-state index contributed by atoms with van der Waals surface area (Å²) in [4.78, 5) is 34.0. The highest BCUT2D eigenvalue weighted by atomic mass is 19.4. The standard InChI is InChI=1S/C23H17F6N7O2/c1-21(14-4-3-11(24)9-31-14)15-17(35-20(21)37)33-16(34-19(15)38-2)13-10-36-8-7-30-18(36)12(32-13)5-6-22(25,26)23(27,28)29/h3-4,7-10H,5-6H2,1-2H3,(H,33,34,35,37). The Morgan fingerprint density at radius 1 is 1.11 bits per heavy atom. The number of methoxy groups -OCH3 is 1. The zero-order valence-corrected chi connectivity index (χ0v) is 19.6. The van der Waals surface area contributed by atoms with Gasteiger partial charge < -0.3 is 14.5 Å². The Labute approximate surface area is 209 Å². The molecule has 1 atom stereocenters. The molecule has 38 heavy (non-hydrogen) atoms. The largest absolute Gasteiger partial charge is 0.481 e. The average molecular weight is 537 g/mol. The van der Waals surface area contributed by atoms with Crippen LogP contribution in [0.5, 0.6) is 5.88 Å². The molecule has 0 aromatic carbocycles. The van der Waals surface area contributed by atoms with Crippen molar-refractivity contribution in [3.05, 3.63) is 59.7 Å². The molecule has 5 heterocycles. The predicted molar refractivity (Wildman–Crippen MR) is 119 cm³/mol. The molecule has 1 unspecified atom stereocenters. The summed E-state index contributed by atoms with van der Waals surface area (Å²) >= 11 is 0. The summed E-state index contributed by atoms with van der Waals surface area (Å²) in [5.74, 6) is -6.16. The number of alkyl halides is 5. The molecule has 9 nitrogen and oxygen atoms in total. The molecule has 0 aliphatic carbocycles. The van der Waals surface area contributed by atoms with E-state index >= 15 is 0 Å². The number of nitrogens with one attached hydrogen (secondary N) is 1. The molecule has 4 aromatic heterocycles. The highest BCUT2D eigenvalue weighted by Crippen LogP contribution is 2.46. The summed E-state index contributed by atoms with van der Waals surface area (Å²) in [5, 5.41) is 2.62. The fraction of sp³-hybridized carbons (Fsp3) is 0.304. The van der Waals surface area contributed by atoms with Gasteiger partial charge in [-0.15, -0.1) is 0 Å². The molecule has 198 valence electrons. The van der Waals surface area contributed by atoms with Crippen LogP contribution in [0.25, 0.3) is 17.2 Å². The number of ether oxygens (including phenoxy) is 1. The maximum Gasteiger partial charge on any atom is 0.453 e. The molecular weight excluding hydrogens is 520 g/mol. The fourth-order valence-corrected chi connectivity index (χ4v) is 4.19. The summed E-state index contributed by atoms with van der Waals surface area (Å²) in [7, 11) is 1.30. The summed E-state index contributed by atoms with van der Waals surface area (Å²) in [6.45, 7) is 1.54. The van der Waals surface area contributed by atoms with Crippen molar-refractivity contribution in [1.29, 1.82) is 0 Å². The number of carbonyl (C=O) groups is 1. The van der Waals surface area contributed by atoms with Crippen LogP contribution < -0.4 is 10.1 Å². The monoisotopic (exact) mass is 537 g/mol. The number of aryl methyl sites for hydroxylation is 1. The van der Waals surface area contributed by atoms with Gasteiger partial charge in [0.25, 0.3) is 0 Å². The zero-order valence-electron chi connectivity index (χ0n) is 19.6. The van der Waals surface area contributed by atoms with Gasteiger partial charge >= 0.3 is 12.1 Å². The van der Waals surface area contributed by atoms with E-state index in [9.17, 15) is 31.1 Å². The van der Waals surface area contributed by atoms with Crippen molar-refractivity contribution in [1.82, 2.24) is 29.3 Å². The second-order valence-corrected chi connectivity index (χ2v) is 8.65. The third kappa shape index (κ3) is 3.97. The fourth-order valence-electron chi connectivity index (χ4n) is 4.19. The smallest absolute Gasteiger partial charge is 0.453 e. The van der Waals surface area contributed by atoms with Crippen LogP contribution in [0, 0.1) is 5.82 Å². The Kier molecular flexibility index (Phi) is 5.76. The molecule has 1 amide bonds. The minimum Gasteiger partial charge on any atom is -0.481 e. The number of carbonyl (C=O) groups excluding carboxylic acids is 1. The van der Waals surface area contributed by atoms with E-state index in [2.05, 4.69) is 30.2 Å². The second-order valence-electron chi connectivity index (χ2n) is 8.65. The van der Waals surface area contributed by atoms with Crippen molar-refractivity contribution in [3.8, 4) is 17.4 Å². The number of hydrogen-bond acceptors (Lipinski definition) is 7. The minimum atomic E-state index is -5.71. The molecular formula is C23H17F6N7O2. The third-order valence-electron chi connectivity index (χ3n) is 6.26. The van der Waals surface area contributed by atoms with E-state index in [0.29, 0.717) is 0 Å². The number of aromatic nitrogens is 6. The molecule has 1 N–H and O–H groups in total. The van der Waals surface area contributed by atoms with Gasteiger partial charge in [-0.3, -0.25) is 9.78 Å². The van der Waals surface area contributed by atoms with E-state index in [1.165, 1.54) is 43.1 Å². The summed E-state index contributed by atoms with van der Waals surface area (Å²) in [6, 6.07) is 2.49.